The minimum atomic E-state index is -0.751. The number of halogens is 3. The largest absolute Gasteiger partial charge is 0.493 e. The standard InChI is InChI=1S/C34H29BrCl2N2O6S/c1-5-13-44-24-11-8-20(9-12-24)31-30(33(41)43-6-2)19(3)38-34-39(31)32(40)29(46-34)15-22-14-27(42-4)28(17-25(22)35)45-18-21-7-10-23(36)16-26(21)37/h5,7-12,14-17,31H,1,6,13,18H2,2-4H3/b29-15-/t31-/m1/s1. The Balaban J connectivity index is 1.55. The number of fused-ring (bicyclic) bond motifs is 1. The van der Waals surface area contributed by atoms with Crippen LogP contribution >= 0.6 is 50.5 Å². The number of nitrogens with zero attached hydrogens (tertiary/aromatic N) is 2. The fourth-order valence-corrected chi connectivity index (χ4v) is 6.82. The van der Waals surface area contributed by atoms with Gasteiger partial charge in [0.2, 0.25) is 0 Å². The van der Waals surface area contributed by atoms with E-state index in [4.69, 9.17) is 42.1 Å². The van der Waals surface area contributed by atoms with Crippen LogP contribution in [0.1, 0.15) is 36.6 Å². The van der Waals surface area contributed by atoms with Crippen LogP contribution in [0, 0.1) is 0 Å². The summed E-state index contributed by atoms with van der Waals surface area (Å²) in [6.45, 7) is 7.89. The van der Waals surface area contributed by atoms with Gasteiger partial charge in [0.15, 0.2) is 16.3 Å². The van der Waals surface area contributed by atoms with Crippen LogP contribution in [-0.2, 0) is 16.1 Å². The van der Waals surface area contributed by atoms with Crippen LogP contribution in [0.15, 0.2) is 92.8 Å². The van der Waals surface area contributed by atoms with Crippen LogP contribution in [0.3, 0.4) is 0 Å². The SMILES string of the molecule is C=CCOc1ccc([C@@H]2C(C(=O)OCC)=C(C)N=c3s/c(=C\c4cc(OC)c(OCc5ccc(Cl)cc5Cl)cc4Br)c(=O)n32)cc1. The third kappa shape index (κ3) is 7.10. The smallest absolute Gasteiger partial charge is 0.338 e. The lowest BCUT2D eigenvalue weighted by Crippen LogP contribution is -2.39. The first-order valence-corrected chi connectivity index (χ1v) is 16.5. The summed E-state index contributed by atoms with van der Waals surface area (Å²) in [4.78, 5) is 32.4. The molecule has 0 radical (unpaired) electrons. The molecule has 1 aromatic heterocycles. The molecule has 0 unspecified atom stereocenters. The number of benzene rings is 3. The Morgan fingerprint density at radius 2 is 1.87 bits per heavy atom. The van der Waals surface area contributed by atoms with E-state index in [2.05, 4.69) is 27.5 Å². The zero-order valence-electron chi connectivity index (χ0n) is 25.1. The molecule has 0 amide bonds. The van der Waals surface area contributed by atoms with E-state index in [0.29, 0.717) is 70.1 Å². The highest BCUT2D eigenvalue weighted by molar-refractivity contribution is 9.10. The van der Waals surface area contributed by atoms with Gasteiger partial charge in [0.1, 0.15) is 19.0 Å². The zero-order chi connectivity index (χ0) is 33.0. The highest BCUT2D eigenvalue weighted by Crippen LogP contribution is 2.36. The third-order valence-corrected chi connectivity index (χ3v) is 9.31. The second kappa shape index (κ2) is 14.7. The maximum atomic E-state index is 14.1. The van der Waals surface area contributed by atoms with E-state index >= 15 is 0 Å². The van der Waals surface area contributed by atoms with Crippen LogP contribution in [0.2, 0.25) is 10.0 Å². The molecule has 0 spiro atoms. The third-order valence-electron chi connectivity index (χ3n) is 7.05. The number of carbonyl (C=O) groups is 1. The van der Waals surface area contributed by atoms with Crippen molar-refractivity contribution in [3.8, 4) is 17.2 Å². The Bertz CT molecular complexity index is 2020. The molecule has 5 rings (SSSR count). The van der Waals surface area contributed by atoms with Gasteiger partial charge < -0.3 is 18.9 Å². The van der Waals surface area contributed by atoms with Crippen molar-refractivity contribution < 1.29 is 23.7 Å². The quantitative estimate of drug-likeness (QED) is 0.121. The fraction of sp³-hybridized carbons (Fsp3) is 0.206. The second-order valence-electron chi connectivity index (χ2n) is 10.0. The average molecular weight is 744 g/mol. The van der Waals surface area contributed by atoms with E-state index in [9.17, 15) is 9.59 Å². The highest BCUT2D eigenvalue weighted by atomic mass is 79.9. The van der Waals surface area contributed by atoms with Gasteiger partial charge in [0.05, 0.1) is 35.6 Å². The number of allylic oxidation sites excluding steroid dienone is 1. The minimum Gasteiger partial charge on any atom is -0.493 e. The number of aromatic nitrogens is 1. The molecule has 0 saturated carbocycles. The van der Waals surface area contributed by atoms with E-state index in [0.717, 1.165) is 5.56 Å². The van der Waals surface area contributed by atoms with E-state index in [1.807, 2.05) is 12.1 Å². The topological polar surface area (TPSA) is 88.4 Å². The Morgan fingerprint density at radius 3 is 2.54 bits per heavy atom. The minimum absolute atomic E-state index is 0.184. The molecule has 0 N–H and O–H groups in total. The summed E-state index contributed by atoms with van der Waals surface area (Å²) in [5, 5.41) is 1.03. The number of ether oxygens (including phenoxy) is 4. The number of methoxy groups -OCH3 is 1. The predicted molar refractivity (Wildman–Crippen MR) is 184 cm³/mol. The van der Waals surface area contributed by atoms with Crippen LogP contribution in [0.25, 0.3) is 6.08 Å². The van der Waals surface area contributed by atoms with Crippen LogP contribution in [-0.4, -0.2) is 30.9 Å². The molecule has 0 fully saturated rings. The average Bonchev–Trinajstić information content (AvgIpc) is 3.34. The van der Waals surface area contributed by atoms with Gasteiger partial charge in [0, 0.05) is 20.1 Å². The molecule has 2 heterocycles. The molecule has 1 aliphatic heterocycles. The van der Waals surface area contributed by atoms with Crippen molar-refractivity contribution in [3.05, 3.63) is 129 Å². The molecule has 3 aromatic carbocycles. The molecular weight excluding hydrogens is 715 g/mol. The normalized spacial score (nSPS) is 14.4. The Kier molecular flexibility index (Phi) is 10.7. The lowest BCUT2D eigenvalue weighted by Gasteiger charge is -2.24. The maximum absolute atomic E-state index is 14.1. The van der Waals surface area contributed by atoms with E-state index in [-0.39, 0.29) is 18.8 Å². The number of hydrogen-bond acceptors (Lipinski definition) is 8. The maximum Gasteiger partial charge on any atom is 0.338 e. The van der Waals surface area contributed by atoms with Crippen molar-refractivity contribution in [1.29, 1.82) is 0 Å². The van der Waals surface area contributed by atoms with Gasteiger partial charge in [-0.25, -0.2) is 9.79 Å². The van der Waals surface area contributed by atoms with Crippen molar-refractivity contribution in [1.82, 2.24) is 4.57 Å². The predicted octanol–water partition coefficient (Wildman–Crippen LogP) is 7.02. The summed E-state index contributed by atoms with van der Waals surface area (Å²) in [6.07, 6.45) is 3.41. The first-order chi connectivity index (χ1) is 22.1. The van der Waals surface area contributed by atoms with Gasteiger partial charge in [-0.15, -0.1) is 0 Å². The Morgan fingerprint density at radius 1 is 1.11 bits per heavy atom. The number of thiazole rings is 1. The highest BCUT2D eigenvalue weighted by Gasteiger charge is 2.33. The summed E-state index contributed by atoms with van der Waals surface area (Å²) >= 11 is 17.2. The van der Waals surface area contributed by atoms with Gasteiger partial charge in [0.25, 0.3) is 5.56 Å². The van der Waals surface area contributed by atoms with Gasteiger partial charge >= 0.3 is 5.97 Å². The van der Waals surface area contributed by atoms with Gasteiger partial charge in [-0.3, -0.25) is 9.36 Å². The number of hydrogen-bond donors (Lipinski definition) is 0. The molecule has 0 bridgehead atoms. The number of esters is 1. The molecule has 4 aromatic rings. The van der Waals surface area contributed by atoms with Crippen LogP contribution in [0.5, 0.6) is 17.2 Å². The van der Waals surface area contributed by atoms with Crippen LogP contribution in [0.4, 0.5) is 0 Å². The van der Waals surface area contributed by atoms with Crippen molar-refractivity contribution >= 4 is 62.5 Å². The number of rotatable bonds is 11. The first-order valence-electron chi connectivity index (χ1n) is 14.1. The first kappa shape index (κ1) is 33.5. The molecule has 1 aliphatic rings. The lowest BCUT2D eigenvalue weighted by molar-refractivity contribution is -0.139. The summed E-state index contributed by atoms with van der Waals surface area (Å²) in [5.74, 6) is 1.05. The molecule has 12 heteroatoms. The van der Waals surface area contributed by atoms with Crippen molar-refractivity contribution in [3.63, 3.8) is 0 Å². The van der Waals surface area contributed by atoms with E-state index in [1.54, 1.807) is 68.5 Å². The van der Waals surface area contributed by atoms with E-state index in [1.165, 1.54) is 23.0 Å². The molecule has 46 heavy (non-hydrogen) atoms. The number of carbonyl (C=O) groups excluding carboxylic acids is 1. The monoisotopic (exact) mass is 742 g/mol. The van der Waals surface area contributed by atoms with Crippen molar-refractivity contribution in [2.75, 3.05) is 20.3 Å². The molecular formula is C34H29BrCl2N2O6S. The van der Waals surface area contributed by atoms with Crippen LogP contribution < -0.4 is 29.1 Å². The van der Waals surface area contributed by atoms with Gasteiger partial charge in [-0.05, 0) is 67.4 Å². The zero-order valence-corrected chi connectivity index (χ0v) is 29.1. The summed E-state index contributed by atoms with van der Waals surface area (Å²) in [6, 6.07) is 15.2. The molecule has 0 saturated heterocycles. The fourth-order valence-electron chi connectivity index (χ4n) is 4.88. The van der Waals surface area contributed by atoms with Gasteiger partial charge in [-0.2, -0.15) is 0 Å². The Hall–Kier alpha value is -3.83. The molecule has 1 atom stereocenters. The van der Waals surface area contributed by atoms with Crippen molar-refractivity contribution in [2.24, 2.45) is 4.99 Å². The van der Waals surface area contributed by atoms with E-state index < -0.39 is 12.0 Å². The van der Waals surface area contributed by atoms with Gasteiger partial charge in [-0.1, -0.05) is 81.3 Å². The van der Waals surface area contributed by atoms with Crippen molar-refractivity contribution in [2.45, 2.75) is 26.5 Å². The summed E-state index contributed by atoms with van der Waals surface area (Å²) < 4.78 is 25.3. The second-order valence-corrected chi connectivity index (χ2v) is 12.7. The summed E-state index contributed by atoms with van der Waals surface area (Å²) in [5.41, 5.74) is 2.62. The molecule has 0 aliphatic carbocycles. The summed E-state index contributed by atoms with van der Waals surface area (Å²) in [7, 11) is 1.54. The Labute approximate surface area is 287 Å². The molecule has 8 nitrogen and oxygen atoms in total. The molecule has 238 valence electrons. The lowest BCUT2D eigenvalue weighted by atomic mass is 9.96.